The second-order valence-corrected chi connectivity index (χ2v) is 7.61. The maximum absolute atomic E-state index is 12.5. The number of thioether (sulfide) groups is 1. The Morgan fingerprint density at radius 2 is 1.68 bits per heavy atom. The number of ether oxygens (including phenoxy) is 1. The number of rotatable bonds is 7. The molecule has 0 aromatic heterocycles. The van der Waals surface area contributed by atoms with E-state index in [2.05, 4.69) is 0 Å². The van der Waals surface area contributed by atoms with Crippen LogP contribution in [0.3, 0.4) is 0 Å². The molecule has 0 spiro atoms. The Morgan fingerprint density at radius 3 is 2.24 bits per heavy atom. The fraction of sp³-hybridized carbons (Fsp3) is 0.381. The predicted molar refractivity (Wildman–Crippen MR) is 103 cm³/mol. The highest BCUT2D eigenvalue weighted by Gasteiger charge is 2.31. The van der Waals surface area contributed by atoms with Gasteiger partial charge in [-0.1, -0.05) is 43.3 Å². The van der Waals surface area contributed by atoms with Crippen LogP contribution < -0.4 is 4.74 Å². The number of para-hydroxylation sites is 1. The summed E-state index contributed by atoms with van der Waals surface area (Å²) in [6.45, 7) is 7.58. The highest BCUT2D eigenvalue weighted by molar-refractivity contribution is 8.00. The molecule has 0 unspecified atom stereocenters. The lowest BCUT2D eigenvalue weighted by molar-refractivity contribution is -0.142. The summed E-state index contributed by atoms with van der Waals surface area (Å²) in [6.07, 6.45) is -0.00565. The lowest BCUT2D eigenvalue weighted by Gasteiger charge is -2.25. The van der Waals surface area contributed by atoms with Crippen LogP contribution >= 0.6 is 11.8 Å². The molecule has 25 heavy (non-hydrogen) atoms. The first-order valence-electron chi connectivity index (χ1n) is 8.61. The molecule has 2 aromatic rings. The highest BCUT2D eigenvalue weighted by Crippen LogP contribution is 2.31. The molecule has 0 fully saturated rings. The van der Waals surface area contributed by atoms with E-state index in [9.17, 15) is 9.90 Å². The van der Waals surface area contributed by atoms with Crippen molar-refractivity contribution in [1.29, 1.82) is 0 Å². The minimum atomic E-state index is -0.771. The van der Waals surface area contributed by atoms with Crippen LogP contribution in [0.5, 0.6) is 5.75 Å². The molecule has 1 N–H and O–H groups in total. The molecule has 0 radical (unpaired) electrons. The van der Waals surface area contributed by atoms with Gasteiger partial charge in [-0.2, -0.15) is 0 Å². The largest absolute Gasteiger partial charge is 0.426 e. The van der Waals surface area contributed by atoms with Crippen molar-refractivity contribution in [1.82, 2.24) is 0 Å². The number of aliphatic hydroxyl groups is 1. The van der Waals surface area contributed by atoms with Crippen molar-refractivity contribution in [2.24, 2.45) is 5.92 Å². The van der Waals surface area contributed by atoms with Gasteiger partial charge in [0.1, 0.15) is 5.75 Å². The minimum Gasteiger partial charge on any atom is -0.426 e. The second kappa shape index (κ2) is 9.07. The summed E-state index contributed by atoms with van der Waals surface area (Å²) in [7, 11) is 0. The number of carbonyl (C=O) groups is 1. The van der Waals surface area contributed by atoms with Gasteiger partial charge in [0.25, 0.3) is 0 Å². The summed E-state index contributed by atoms with van der Waals surface area (Å²) in [6, 6.07) is 15.7. The molecular formula is C21H26O3S. The Morgan fingerprint density at radius 1 is 1.08 bits per heavy atom. The lowest BCUT2D eigenvalue weighted by atomic mass is 10.0. The van der Waals surface area contributed by atoms with Crippen molar-refractivity contribution in [3.05, 3.63) is 59.7 Å². The molecule has 0 aliphatic rings. The van der Waals surface area contributed by atoms with Crippen LogP contribution in [-0.2, 0) is 4.79 Å². The Hall–Kier alpha value is -1.78. The normalized spacial score (nSPS) is 14.6. The van der Waals surface area contributed by atoms with Gasteiger partial charge in [0.2, 0.25) is 0 Å². The van der Waals surface area contributed by atoms with Crippen LogP contribution in [0.4, 0.5) is 0 Å². The Kier molecular flexibility index (Phi) is 7.09. The van der Waals surface area contributed by atoms with E-state index in [0.717, 1.165) is 22.4 Å². The van der Waals surface area contributed by atoms with Crippen molar-refractivity contribution in [3.8, 4) is 5.75 Å². The maximum atomic E-state index is 12.5. The molecule has 0 saturated carbocycles. The molecule has 0 bridgehead atoms. The van der Waals surface area contributed by atoms with Gasteiger partial charge in [-0.3, -0.25) is 4.79 Å². The van der Waals surface area contributed by atoms with Gasteiger partial charge in [0.15, 0.2) is 0 Å². The molecule has 3 atom stereocenters. The number of aryl methyl sites for hydroxylation is 2. The van der Waals surface area contributed by atoms with Gasteiger partial charge in [0.05, 0.1) is 12.0 Å². The highest BCUT2D eigenvalue weighted by atomic mass is 32.2. The average molecular weight is 359 g/mol. The van der Waals surface area contributed by atoms with E-state index in [1.165, 1.54) is 0 Å². The maximum Gasteiger partial charge on any atom is 0.316 e. The van der Waals surface area contributed by atoms with E-state index in [4.69, 9.17) is 4.74 Å². The van der Waals surface area contributed by atoms with E-state index >= 15 is 0 Å². The SMILES string of the molecule is CC[C@H](Sc1ccccc1)[C@@H](O)[C@@H](C)C(=O)Oc1c(C)cccc1C. The molecule has 0 aliphatic carbocycles. The topological polar surface area (TPSA) is 46.5 Å². The minimum absolute atomic E-state index is 0.0667. The zero-order valence-electron chi connectivity index (χ0n) is 15.2. The average Bonchev–Trinajstić information content (AvgIpc) is 2.62. The van der Waals surface area contributed by atoms with Crippen LogP contribution in [0.2, 0.25) is 0 Å². The standard InChI is InChI=1S/C21H26O3S/c1-5-18(25-17-12-7-6-8-13-17)19(22)16(4)21(23)24-20-14(2)10-9-11-15(20)3/h6-13,16,18-19,22H,5H2,1-4H3/t16-,18+,19+/m1/s1. The van der Waals surface area contributed by atoms with Crippen LogP contribution in [0.1, 0.15) is 31.4 Å². The molecule has 4 heteroatoms. The van der Waals surface area contributed by atoms with Gasteiger partial charge in [0, 0.05) is 10.1 Å². The quantitative estimate of drug-likeness (QED) is 0.440. The molecule has 0 saturated heterocycles. The number of carbonyl (C=O) groups excluding carboxylic acids is 1. The van der Waals surface area contributed by atoms with Crippen molar-refractivity contribution < 1.29 is 14.6 Å². The van der Waals surface area contributed by atoms with Crippen molar-refractivity contribution in [2.75, 3.05) is 0 Å². The fourth-order valence-electron chi connectivity index (χ4n) is 2.68. The van der Waals surface area contributed by atoms with Crippen molar-refractivity contribution >= 4 is 17.7 Å². The van der Waals surface area contributed by atoms with Crippen LogP contribution in [0, 0.1) is 19.8 Å². The first kappa shape index (κ1) is 19.5. The summed E-state index contributed by atoms with van der Waals surface area (Å²) in [4.78, 5) is 13.6. The summed E-state index contributed by atoms with van der Waals surface area (Å²) in [5.41, 5.74) is 1.83. The Labute approximate surface area is 154 Å². The molecular weight excluding hydrogens is 332 g/mol. The van der Waals surface area contributed by atoms with E-state index in [1.54, 1.807) is 18.7 Å². The molecule has 0 amide bonds. The summed E-state index contributed by atoms with van der Waals surface area (Å²) in [5, 5.41) is 10.6. The number of aliphatic hydroxyl groups excluding tert-OH is 1. The third-order valence-corrected chi connectivity index (χ3v) is 5.77. The summed E-state index contributed by atoms with van der Waals surface area (Å²) >= 11 is 1.60. The third-order valence-electron chi connectivity index (χ3n) is 4.31. The van der Waals surface area contributed by atoms with E-state index in [-0.39, 0.29) is 5.25 Å². The van der Waals surface area contributed by atoms with E-state index < -0.39 is 18.0 Å². The lowest BCUT2D eigenvalue weighted by Crippen LogP contribution is -2.36. The molecule has 2 aromatic carbocycles. The fourth-order valence-corrected chi connectivity index (χ4v) is 3.89. The summed E-state index contributed by atoms with van der Waals surface area (Å²) in [5.74, 6) is -0.396. The van der Waals surface area contributed by atoms with Crippen LogP contribution in [0.15, 0.2) is 53.4 Å². The zero-order valence-corrected chi connectivity index (χ0v) is 16.0. The smallest absolute Gasteiger partial charge is 0.316 e. The van der Waals surface area contributed by atoms with E-state index in [0.29, 0.717) is 5.75 Å². The molecule has 0 aliphatic heterocycles. The molecule has 134 valence electrons. The second-order valence-electron chi connectivity index (χ2n) is 6.30. The van der Waals surface area contributed by atoms with Gasteiger partial charge in [-0.25, -0.2) is 0 Å². The molecule has 0 heterocycles. The van der Waals surface area contributed by atoms with Gasteiger partial charge in [-0.15, -0.1) is 11.8 Å². The van der Waals surface area contributed by atoms with E-state index in [1.807, 2.05) is 69.3 Å². The summed E-state index contributed by atoms with van der Waals surface area (Å²) < 4.78 is 5.60. The number of hydrogen-bond donors (Lipinski definition) is 1. The predicted octanol–water partition coefficient (Wildman–Crippen LogP) is 4.78. The van der Waals surface area contributed by atoms with Gasteiger partial charge < -0.3 is 9.84 Å². The third kappa shape index (κ3) is 5.10. The molecule has 2 rings (SSSR count). The van der Waals surface area contributed by atoms with Crippen molar-refractivity contribution in [3.63, 3.8) is 0 Å². The van der Waals surface area contributed by atoms with Gasteiger partial charge in [-0.05, 0) is 50.5 Å². The number of benzene rings is 2. The first-order valence-corrected chi connectivity index (χ1v) is 9.49. The van der Waals surface area contributed by atoms with Crippen LogP contribution in [-0.4, -0.2) is 22.4 Å². The first-order chi connectivity index (χ1) is 11.9. The Balaban J connectivity index is 2.06. The number of esters is 1. The van der Waals surface area contributed by atoms with Crippen molar-refractivity contribution in [2.45, 2.75) is 50.4 Å². The van der Waals surface area contributed by atoms with Gasteiger partial charge >= 0.3 is 5.97 Å². The monoisotopic (exact) mass is 358 g/mol. The molecule has 3 nitrogen and oxygen atoms in total. The number of hydrogen-bond acceptors (Lipinski definition) is 4. The Bertz CT molecular complexity index is 679. The zero-order chi connectivity index (χ0) is 18.4. The van der Waals surface area contributed by atoms with Crippen LogP contribution in [0.25, 0.3) is 0 Å².